The lowest BCUT2D eigenvalue weighted by atomic mass is 10.00. The predicted octanol–water partition coefficient (Wildman–Crippen LogP) is 3.92. The van der Waals surface area contributed by atoms with E-state index in [1.54, 1.807) is 6.07 Å². The second kappa shape index (κ2) is 7.77. The zero-order chi connectivity index (χ0) is 11.3. The summed E-state index contributed by atoms with van der Waals surface area (Å²) in [6.07, 6.45) is 4.54. The molecule has 1 aromatic rings. The lowest BCUT2D eigenvalue weighted by molar-refractivity contribution is 0.582. The molecule has 0 aliphatic heterocycles. The van der Waals surface area contributed by atoms with E-state index in [2.05, 4.69) is 6.92 Å². The molecule has 1 aromatic carbocycles. The van der Waals surface area contributed by atoms with Crippen molar-refractivity contribution in [3.8, 4) is 0 Å². The van der Waals surface area contributed by atoms with E-state index < -0.39 is 0 Å². The fraction of sp³-hybridized carbons (Fsp3) is 0.500. The van der Waals surface area contributed by atoms with Crippen LogP contribution in [0.5, 0.6) is 0 Å². The third kappa shape index (κ3) is 4.60. The minimum atomic E-state index is 0. The van der Waals surface area contributed by atoms with Gasteiger partial charge in [-0.3, -0.25) is 0 Å². The molecule has 4 N–H and O–H groups in total. The first-order chi connectivity index (χ1) is 7.15. The van der Waals surface area contributed by atoms with Gasteiger partial charge in [-0.25, -0.2) is 0 Å². The van der Waals surface area contributed by atoms with Crippen molar-refractivity contribution in [3.63, 3.8) is 0 Å². The number of rotatable bonds is 5. The van der Waals surface area contributed by atoms with E-state index in [0.29, 0.717) is 5.02 Å². The van der Waals surface area contributed by atoms with Crippen molar-refractivity contribution in [2.24, 2.45) is 5.73 Å². The van der Waals surface area contributed by atoms with Crippen molar-refractivity contribution in [1.29, 1.82) is 0 Å². The summed E-state index contributed by atoms with van der Waals surface area (Å²) in [6.45, 7) is 2.18. The summed E-state index contributed by atoms with van der Waals surface area (Å²) in [5.74, 6) is 0. The Morgan fingerprint density at radius 2 is 2.00 bits per heavy atom. The average molecular weight is 263 g/mol. The van der Waals surface area contributed by atoms with E-state index in [9.17, 15) is 0 Å². The number of anilines is 1. The third-order valence-corrected chi connectivity index (χ3v) is 2.80. The van der Waals surface area contributed by atoms with Gasteiger partial charge in [0.1, 0.15) is 0 Å². The van der Waals surface area contributed by atoms with Gasteiger partial charge in [0.2, 0.25) is 0 Å². The van der Waals surface area contributed by atoms with Crippen molar-refractivity contribution in [2.75, 3.05) is 5.73 Å². The monoisotopic (exact) mass is 262 g/mol. The first-order valence-corrected chi connectivity index (χ1v) is 5.83. The van der Waals surface area contributed by atoms with Gasteiger partial charge < -0.3 is 11.5 Å². The van der Waals surface area contributed by atoms with E-state index in [0.717, 1.165) is 24.1 Å². The van der Waals surface area contributed by atoms with Gasteiger partial charge in [-0.2, -0.15) is 0 Å². The molecule has 1 atom stereocenters. The molecule has 0 aliphatic rings. The van der Waals surface area contributed by atoms with Gasteiger partial charge >= 0.3 is 0 Å². The maximum absolute atomic E-state index is 6.07. The standard InChI is InChI=1S/C12H19ClN2.ClH/c1-2-3-4-5-11(14)10-8-9(13)6-7-12(10)15;/h6-8,11H,2-5,14-15H2,1H3;1H/t11-;/m1./s1. The van der Waals surface area contributed by atoms with Crippen LogP contribution in [0.25, 0.3) is 0 Å². The van der Waals surface area contributed by atoms with Gasteiger partial charge in [0, 0.05) is 16.8 Å². The van der Waals surface area contributed by atoms with E-state index in [1.165, 1.54) is 12.8 Å². The van der Waals surface area contributed by atoms with Gasteiger partial charge in [0.15, 0.2) is 0 Å². The van der Waals surface area contributed by atoms with Gasteiger partial charge in [0.25, 0.3) is 0 Å². The summed E-state index contributed by atoms with van der Waals surface area (Å²) in [5, 5.41) is 0.699. The first kappa shape index (κ1) is 15.6. The maximum Gasteiger partial charge on any atom is 0.0410 e. The van der Waals surface area contributed by atoms with Crippen LogP contribution in [-0.4, -0.2) is 0 Å². The fourth-order valence-corrected chi connectivity index (χ4v) is 1.82. The second-order valence-electron chi connectivity index (χ2n) is 3.88. The van der Waals surface area contributed by atoms with Crippen LogP contribution in [0.3, 0.4) is 0 Å². The summed E-state index contributed by atoms with van der Waals surface area (Å²) in [7, 11) is 0. The molecule has 0 saturated heterocycles. The Hall–Kier alpha value is -0.440. The lowest BCUT2D eigenvalue weighted by Gasteiger charge is -2.14. The van der Waals surface area contributed by atoms with Gasteiger partial charge in [-0.05, 0) is 30.2 Å². The molecule has 0 unspecified atom stereocenters. The summed E-state index contributed by atoms with van der Waals surface area (Å²) >= 11 is 5.91. The Balaban J connectivity index is 0.00000225. The summed E-state index contributed by atoms with van der Waals surface area (Å²) in [4.78, 5) is 0. The van der Waals surface area contributed by atoms with Crippen molar-refractivity contribution in [3.05, 3.63) is 28.8 Å². The van der Waals surface area contributed by atoms with Crippen LogP contribution in [0.15, 0.2) is 18.2 Å². The van der Waals surface area contributed by atoms with E-state index >= 15 is 0 Å². The molecule has 0 radical (unpaired) electrons. The zero-order valence-electron chi connectivity index (χ0n) is 9.58. The smallest absolute Gasteiger partial charge is 0.0410 e. The first-order valence-electron chi connectivity index (χ1n) is 5.45. The topological polar surface area (TPSA) is 52.0 Å². The molecule has 0 saturated carbocycles. The number of unbranched alkanes of at least 4 members (excludes halogenated alkanes) is 2. The minimum absolute atomic E-state index is 0. The highest BCUT2D eigenvalue weighted by atomic mass is 35.5. The minimum Gasteiger partial charge on any atom is -0.398 e. The van der Waals surface area contributed by atoms with Crippen LogP contribution in [0.4, 0.5) is 5.69 Å². The average Bonchev–Trinajstić information content (AvgIpc) is 2.22. The number of nitrogens with two attached hydrogens (primary N) is 2. The second-order valence-corrected chi connectivity index (χ2v) is 4.31. The quantitative estimate of drug-likeness (QED) is 0.624. The van der Waals surface area contributed by atoms with E-state index in [4.69, 9.17) is 23.1 Å². The molecule has 4 heteroatoms. The van der Waals surface area contributed by atoms with Crippen molar-refractivity contribution >= 4 is 29.7 Å². The SMILES string of the molecule is CCCCC[C@@H](N)c1cc(Cl)ccc1N.Cl. The molecule has 1 rings (SSSR count). The Morgan fingerprint density at radius 1 is 1.31 bits per heavy atom. The van der Waals surface area contributed by atoms with E-state index in [1.807, 2.05) is 12.1 Å². The van der Waals surface area contributed by atoms with Gasteiger partial charge in [-0.1, -0.05) is 37.8 Å². The van der Waals surface area contributed by atoms with Crippen LogP contribution in [0.2, 0.25) is 5.02 Å². The van der Waals surface area contributed by atoms with Crippen LogP contribution in [0.1, 0.15) is 44.2 Å². The highest BCUT2D eigenvalue weighted by Crippen LogP contribution is 2.26. The fourth-order valence-electron chi connectivity index (χ4n) is 1.64. The normalized spacial score (nSPS) is 11.9. The molecule has 0 aliphatic carbocycles. The molecule has 16 heavy (non-hydrogen) atoms. The number of hydrogen-bond acceptors (Lipinski definition) is 2. The Morgan fingerprint density at radius 3 is 2.62 bits per heavy atom. The number of halogens is 2. The number of nitrogen functional groups attached to an aromatic ring is 1. The summed E-state index contributed by atoms with van der Waals surface area (Å²) in [5.41, 5.74) is 13.6. The van der Waals surface area contributed by atoms with Crippen molar-refractivity contribution in [1.82, 2.24) is 0 Å². The Labute approximate surface area is 109 Å². The van der Waals surface area contributed by atoms with Gasteiger partial charge in [-0.15, -0.1) is 12.4 Å². The van der Waals surface area contributed by atoms with Crippen LogP contribution in [0, 0.1) is 0 Å². The van der Waals surface area contributed by atoms with Crippen LogP contribution < -0.4 is 11.5 Å². The Kier molecular flexibility index (Phi) is 7.56. The van der Waals surface area contributed by atoms with Crippen molar-refractivity contribution in [2.45, 2.75) is 38.6 Å². The lowest BCUT2D eigenvalue weighted by Crippen LogP contribution is -2.12. The summed E-state index contributed by atoms with van der Waals surface area (Å²) < 4.78 is 0. The molecular formula is C12H20Cl2N2. The van der Waals surface area contributed by atoms with Crippen LogP contribution >= 0.6 is 24.0 Å². The van der Waals surface area contributed by atoms with Gasteiger partial charge in [0.05, 0.1) is 0 Å². The predicted molar refractivity (Wildman–Crippen MR) is 74.2 cm³/mol. The highest BCUT2D eigenvalue weighted by Gasteiger charge is 2.09. The number of benzene rings is 1. The molecular weight excluding hydrogens is 243 g/mol. The molecule has 2 nitrogen and oxygen atoms in total. The highest BCUT2D eigenvalue weighted by molar-refractivity contribution is 6.30. The molecule has 0 fully saturated rings. The number of hydrogen-bond donors (Lipinski definition) is 2. The third-order valence-electron chi connectivity index (χ3n) is 2.57. The molecule has 0 aromatic heterocycles. The molecule has 0 heterocycles. The molecule has 92 valence electrons. The van der Waals surface area contributed by atoms with E-state index in [-0.39, 0.29) is 18.4 Å². The van der Waals surface area contributed by atoms with Crippen molar-refractivity contribution < 1.29 is 0 Å². The molecule has 0 amide bonds. The molecule has 0 bridgehead atoms. The maximum atomic E-state index is 6.07. The molecule has 0 spiro atoms. The zero-order valence-corrected chi connectivity index (χ0v) is 11.2. The summed E-state index contributed by atoms with van der Waals surface area (Å²) in [6, 6.07) is 5.49. The van der Waals surface area contributed by atoms with Crippen LogP contribution in [-0.2, 0) is 0 Å². The largest absolute Gasteiger partial charge is 0.398 e. The Bertz CT molecular complexity index is 316.